The molecule has 2 aromatic carbocycles. The number of halogens is 1. The molecule has 0 spiro atoms. The third-order valence-corrected chi connectivity index (χ3v) is 8.57. The van der Waals surface area contributed by atoms with Crippen LogP contribution >= 0.6 is 11.6 Å². The fourth-order valence-corrected chi connectivity index (χ4v) is 6.56. The van der Waals surface area contributed by atoms with E-state index < -0.39 is 0 Å². The largest absolute Gasteiger partial charge is 0.462 e. The van der Waals surface area contributed by atoms with Crippen LogP contribution in [0.1, 0.15) is 25.7 Å². The summed E-state index contributed by atoms with van der Waals surface area (Å²) in [6.07, 6.45) is 6.70. The molecule has 3 unspecified atom stereocenters. The Balaban J connectivity index is 1.32. The SMILES string of the molecule is CN1CCCC1COc1nc(N2CC3CCC(C2)N3)c2ncc(-c3cccc4cccc(Cl)c34)cc2n1. The first-order chi connectivity index (χ1) is 18.1. The molecule has 5 heterocycles. The van der Waals surface area contributed by atoms with Crippen molar-refractivity contribution in [3.8, 4) is 17.1 Å². The highest BCUT2D eigenvalue weighted by Crippen LogP contribution is 2.36. The van der Waals surface area contributed by atoms with Crippen molar-refractivity contribution in [1.82, 2.24) is 25.2 Å². The zero-order chi connectivity index (χ0) is 24.9. The van der Waals surface area contributed by atoms with Crippen LogP contribution in [0, 0.1) is 0 Å². The fourth-order valence-electron chi connectivity index (χ4n) is 6.28. The molecule has 7 rings (SSSR count). The maximum Gasteiger partial charge on any atom is 0.319 e. The number of piperazine rings is 1. The molecular weight excluding hydrogens is 484 g/mol. The number of hydrogen-bond donors (Lipinski definition) is 1. The molecule has 37 heavy (non-hydrogen) atoms. The average Bonchev–Trinajstić information content (AvgIpc) is 3.49. The predicted octanol–water partition coefficient (Wildman–Crippen LogP) is 4.91. The van der Waals surface area contributed by atoms with Crippen LogP contribution in [0.25, 0.3) is 32.9 Å². The van der Waals surface area contributed by atoms with Gasteiger partial charge in [-0.3, -0.25) is 4.98 Å². The van der Waals surface area contributed by atoms with Crippen LogP contribution < -0.4 is 15.0 Å². The summed E-state index contributed by atoms with van der Waals surface area (Å²) in [6, 6.07) is 16.2. The quantitative estimate of drug-likeness (QED) is 0.406. The Labute approximate surface area is 221 Å². The summed E-state index contributed by atoms with van der Waals surface area (Å²) in [5.41, 5.74) is 3.65. The summed E-state index contributed by atoms with van der Waals surface area (Å²) in [6.45, 7) is 3.56. The number of ether oxygens (including phenoxy) is 1. The zero-order valence-corrected chi connectivity index (χ0v) is 21.8. The monoisotopic (exact) mass is 514 g/mol. The molecule has 2 aromatic heterocycles. The second-order valence-corrected chi connectivity index (χ2v) is 11.1. The molecule has 3 fully saturated rings. The summed E-state index contributed by atoms with van der Waals surface area (Å²) in [7, 11) is 2.16. The van der Waals surface area contributed by atoms with Gasteiger partial charge in [-0.2, -0.15) is 9.97 Å². The number of hydrogen-bond acceptors (Lipinski definition) is 7. The van der Waals surface area contributed by atoms with Gasteiger partial charge >= 0.3 is 6.01 Å². The molecule has 7 nitrogen and oxygen atoms in total. The minimum absolute atomic E-state index is 0.403. The van der Waals surface area contributed by atoms with E-state index in [0.29, 0.717) is 30.7 Å². The van der Waals surface area contributed by atoms with Gasteiger partial charge in [-0.1, -0.05) is 41.9 Å². The van der Waals surface area contributed by atoms with Gasteiger partial charge in [-0.25, -0.2) is 0 Å². The molecule has 190 valence electrons. The van der Waals surface area contributed by atoms with E-state index in [-0.39, 0.29) is 0 Å². The molecule has 0 amide bonds. The van der Waals surface area contributed by atoms with Gasteiger partial charge in [0.1, 0.15) is 12.1 Å². The molecule has 3 atom stereocenters. The van der Waals surface area contributed by atoms with E-state index in [4.69, 9.17) is 31.3 Å². The molecule has 0 radical (unpaired) electrons. The van der Waals surface area contributed by atoms with Crippen molar-refractivity contribution in [2.45, 2.75) is 43.8 Å². The number of pyridine rings is 1. The van der Waals surface area contributed by atoms with Crippen molar-refractivity contribution in [2.75, 3.05) is 38.2 Å². The van der Waals surface area contributed by atoms with Crippen LogP contribution in [0.4, 0.5) is 5.82 Å². The maximum absolute atomic E-state index is 6.65. The highest BCUT2D eigenvalue weighted by molar-refractivity contribution is 6.36. The van der Waals surface area contributed by atoms with Gasteiger partial charge in [0.25, 0.3) is 0 Å². The highest BCUT2D eigenvalue weighted by atomic mass is 35.5. The molecule has 3 aliphatic heterocycles. The highest BCUT2D eigenvalue weighted by Gasteiger charge is 2.34. The lowest BCUT2D eigenvalue weighted by Crippen LogP contribution is -2.51. The molecular formula is C29H31ClN6O. The van der Waals surface area contributed by atoms with Gasteiger partial charge in [0.2, 0.25) is 0 Å². The van der Waals surface area contributed by atoms with Gasteiger partial charge in [-0.05, 0) is 62.4 Å². The van der Waals surface area contributed by atoms with Crippen molar-refractivity contribution in [3.63, 3.8) is 0 Å². The lowest BCUT2D eigenvalue weighted by molar-refractivity contribution is 0.188. The van der Waals surface area contributed by atoms with Crippen molar-refractivity contribution in [3.05, 3.63) is 53.7 Å². The van der Waals surface area contributed by atoms with E-state index in [2.05, 4.69) is 52.5 Å². The lowest BCUT2D eigenvalue weighted by atomic mass is 9.99. The van der Waals surface area contributed by atoms with Crippen LogP contribution in [-0.2, 0) is 0 Å². The Morgan fingerprint density at radius 1 is 1.05 bits per heavy atom. The fraction of sp³-hybridized carbons (Fsp3) is 0.414. The van der Waals surface area contributed by atoms with Crippen molar-refractivity contribution < 1.29 is 4.74 Å². The van der Waals surface area contributed by atoms with Gasteiger partial charge in [0, 0.05) is 53.4 Å². The smallest absolute Gasteiger partial charge is 0.319 e. The van der Waals surface area contributed by atoms with Crippen molar-refractivity contribution >= 4 is 39.2 Å². The van der Waals surface area contributed by atoms with Crippen molar-refractivity contribution in [2.24, 2.45) is 0 Å². The minimum atomic E-state index is 0.403. The minimum Gasteiger partial charge on any atom is -0.462 e. The summed E-state index contributed by atoms with van der Waals surface area (Å²) in [4.78, 5) is 19.5. The van der Waals surface area contributed by atoms with Crippen LogP contribution in [0.3, 0.4) is 0 Å². The van der Waals surface area contributed by atoms with Gasteiger partial charge in [0.05, 0.1) is 5.52 Å². The van der Waals surface area contributed by atoms with Gasteiger partial charge in [-0.15, -0.1) is 0 Å². The molecule has 1 N–H and O–H groups in total. The second kappa shape index (κ2) is 9.39. The molecule has 0 saturated carbocycles. The lowest BCUT2D eigenvalue weighted by Gasteiger charge is -2.34. The third-order valence-electron chi connectivity index (χ3n) is 8.25. The molecule has 8 heteroatoms. The Kier molecular flexibility index (Phi) is 5.87. The van der Waals surface area contributed by atoms with Crippen LogP contribution in [0.15, 0.2) is 48.7 Å². The molecule has 2 bridgehead atoms. The average molecular weight is 515 g/mol. The first kappa shape index (κ1) is 23.1. The number of benzene rings is 2. The zero-order valence-electron chi connectivity index (χ0n) is 21.0. The summed E-state index contributed by atoms with van der Waals surface area (Å²) < 4.78 is 6.25. The number of aromatic nitrogens is 3. The van der Waals surface area contributed by atoms with Gasteiger partial charge in [0.15, 0.2) is 5.82 Å². The predicted molar refractivity (Wildman–Crippen MR) is 149 cm³/mol. The van der Waals surface area contributed by atoms with E-state index in [1.54, 1.807) is 0 Å². The first-order valence-corrected chi connectivity index (χ1v) is 13.7. The van der Waals surface area contributed by atoms with Crippen LogP contribution in [0.5, 0.6) is 6.01 Å². The number of likely N-dealkylation sites (tertiary alicyclic amines) is 1. The molecule has 3 saturated heterocycles. The first-order valence-electron chi connectivity index (χ1n) is 13.3. The normalized spacial score (nSPS) is 23.8. The Morgan fingerprint density at radius 3 is 2.65 bits per heavy atom. The number of rotatable bonds is 5. The summed E-state index contributed by atoms with van der Waals surface area (Å²) in [5.74, 6) is 0.876. The summed E-state index contributed by atoms with van der Waals surface area (Å²) in [5, 5.41) is 6.59. The van der Waals surface area contributed by atoms with Crippen LogP contribution in [0.2, 0.25) is 5.02 Å². The molecule has 4 aromatic rings. The van der Waals surface area contributed by atoms with E-state index in [1.807, 2.05) is 18.3 Å². The third kappa shape index (κ3) is 4.29. The Hall–Kier alpha value is -3.00. The number of nitrogens with zero attached hydrogens (tertiary/aromatic N) is 5. The number of nitrogens with one attached hydrogen (secondary N) is 1. The maximum atomic E-state index is 6.65. The van der Waals surface area contributed by atoms with E-state index in [0.717, 1.165) is 69.8 Å². The van der Waals surface area contributed by atoms with Gasteiger partial charge < -0.3 is 19.9 Å². The standard InChI is InChI=1S/C29H31ClN6O/c1-35-12-4-7-22(35)17-37-29-33-25-13-19(23-8-2-5-18-6-3-9-24(30)26(18)23)14-31-27(25)28(34-29)36-15-20-10-11-21(16-36)32-20/h2-3,5-6,8-9,13-14,20-22,32H,4,7,10-12,15-17H2,1H3. The number of fused-ring (bicyclic) bond motifs is 4. The van der Waals surface area contributed by atoms with Crippen molar-refractivity contribution in [1.29, 1.82) is 0 Å². The summed E-state index contributed by atoms with van der Waals surface area (Å²) >= 11 is 6.65. The number of likely N-dealkylation sites (N-methyl/N-ethyl adjacent to an activating group) is 1. The van der Waals surface area contributed by atoms with E-state index in [9.17, 15) is 0 Å². The Morgan fingerprint density at radius 2 is 1.86 bits per heavy atom. The molecule has 0 aliphatic carbocycles. The van der Waals surface area contributed by atoms with E-state index in [1.165, 1.54) is 19.3 Å². The van der Waals surface area contributed by atoms with E-state index >= 15 is 0 Å². The topological polar surface area (TPSA) is 66.4 Å². The second-order valence-electron chi connectivity index (χ2n) is 10.7. The number of anilines is 1. The molecule has 3 aliphatic rings. The Bertz CT molecular complexity index is 1460. The van der Waals surface area contributed by atoms with Crippen LogP contribution in [-0.4, -0.2) is 71.3 Å².